The molecule has 0 unspecified atom stereocenters. The van der Waals surface area contributed by atoms with Gasteiger partial charge in [-0.2, -0.15) is 0 Å². The largest absolute Gasteiger partial charge is 0.433 e. The third-order valence-electron chi connectivity index (χ3n) is 4.39. The quantitative estimate of drug-likeness (QED) is 0.559. The minimum atomic E-state index is -0.706. The third kappa shape index (κ3) is 3.22. The van der Waals surface area contributed by atoms with E-state index in [9.17, 15) is 19.7 Å². The second-order valence-electron chi connectivity index (χ2n) is 6.20. The van der Waals surface area contributed by atoms with Gasteiger partial charge in [-0.3, -0.25) is 24.7 Å². The SMILES string of the molecule is O=C(Nc1ccc2ncccc2c1)C1CN(C(=O)c2ccc([N+](=O)[O-])o2)C1. The number of fused-ring (bicyclic) bond motifs is 1. The number of amides is 2. The number of furan rings is 1. The van der Waals surface area contributed by atoms with Gasteiger partial charge in [0.05, 0.1) is 17.5 Å². The molecule has 3 heterocycles. The van der Waals surface area contributed by atoms with Crippen LogP contribution < -0.4 is 5.32 Å². The minimum Gasteiger partial charge on any atom is -0.395 e. The number of hydrogen-bond donors (Lipinski definition) is 1. The Kier molecular flexibility index (Phi) is 4.03. The Morgan fingerprint density at radius 3 is 2.78 bits per heavy atom. The first-order chi connectivity index (χ1) is 13.0. The fourth-order valence-corrected chi connectivity index (χ4v) is 2.90. The fraction of sp³-hybridized carbons (Fsp3) is 0.167. The van der Waals surface area contributed by atoms with Gasteiger partial charge in [0.15, 0.2) is 5.76 Å². The van der Waals surface area contributed by atoms with Gasteiger partial charge in [-0.1, -0.05) is 6.07 Å². The van der Waals surface area contributed by atoms with Crippen molar-refractivity contribution < 1.29 is 18.9 Å². The summed E-state index contributed by atoms with van der Waals surface area (Å²) in [6.45, 7) is 0.461. The number of aromatic nitrogens is 1. The van der Waals surface area contributed by atoms with Crippen molar-refractivity contribution in [1.82, 2.24) is 9.88 Å². The molecular formula is C18H14N4O5. The van der Waals surface area contributed by atoms with E-state index in [1.165, 1.54) is 11.0 Å². The molecule has 2 amide bonds. The third-order valence-corrected chi connectivity index (χ3v) is 4.39. The Morgan fingerprint density at radius 2 is 2.04 bits per heavy atom. The molecule has 0 aliphatic carbocycles. The lowest BCUT2D eigenvalue weighted by Gasteiger charge is -2.37. The molecule has 9 nitrogen and oxygen atoms in total. The molecule has 9 heteroatoms. The van der Waals surface area contributed by atoms with E-state index in [-0.39, 0.29) is 30.7 Å². The van der Waals surface area contributed by atoms with Crippen LogP contribution in [0.1, 0.15) is 10.6 Å². The van der Waals surface area contributed by atoms with Gasteiger partial charge in [-0.25, -0.2) is 0 Å². The van der Waals surface area contributed by atoms with Crippen LogP contribution in [-0.4, -0.2) is 39.7 Å². The topological polar surface area (TPSA) is 119 Å². The lowest BCUT2D eigenvalue weighted by molar-refractivity contribution is -0.402. The zero-order chi connectivity index (χ0) is 19.0. The summed E-state index contributed by atoms with van der Waals surface area (Å²) in [5.41, 5.74) is 1.50. The molecule has 0 atom stereocenters. The van der Waals surface area contributed by atoms with E-state index in [0.717, 1.165) is 17.0 Å². The predicted molar refractivity (Wildman–Crippen MR) is 95.1 cm³/mol. The van der Waals surface area contributed by atoms with Crippen molar-refractivity contribution >= 4 is 34.3 Å². The van der Waals surface area contributed by atoms with Gasteiger partial charge in [0.1, 0.15) is 4.92 Å². The second-order valence-corrected chi connectivity index (χ2v) is 6.20. The number of nitro groups is 1. The summed E-state index contributed by atoms with van der Waals surface area (Å²) >= 11 is 0. The van der Waals surface area contributed by atoms with Gasteiger partial charge in [-0.15, -0.1) is 0 Å². The van der Waals surface area contributed by atoms with Crippen LogP contribution in [0, 0.1) is 16.0 Å². The maximum atomic E-state index is 12.4. The van der Waals surface area contributed by atoms with Crippen molar-refractivity contribution in [2.24, 2.45) is 5.92 Å². The van der Waals surface area contributed by atoms with Crippen LogP contribution in [-0.2, 0) is 4.79 Å². The molecule has 1 aliphatic heterocycles. The van der Waals surface area contributed by atoms with Gasteiger partial charge in [0.2, 0.25) is 5.91 Å². The highest BCUT2D eigenvalue weighted by atomic mass is 16.6. The molecule has 1 saturated heterocycles. The smallest absolute Gasteiger partial charge is 0.395 e. The first-order valence-corrected chi connectivity index (χ1v) is 8.20. The summed E-state index contributed by atoms with van der Waals surface area (Å²) in [5, 5.41) is 14.4. The summed E-state index contributed by atoms with van der Waals surface area (Å²) < 4.78 is 4.90. The van der Waals surface area contributed by atoms with Crippen molar-refractivity contribution in [2.75, 3.05) is 18.4 Å². The number of nitrogens with one attached hydrogen (secondary N) is 1. The van der Waals surface area contributed by atoms with Crippen LogP contribution in [0.25, 0.3) is 10.9 Å². The number of carbonyl (C=O) groups excluding carboxylic acids is 2. The van der Waals surface area contributed by atoms with E-state index in [2.05, 4.69) is 10.3 Å². The van der Waals surface area contributed by atoms with Gasteiger partial charge < -0.3 is 14.6 Å². The monoisotopic (exact) mass is 366 g/mol. The molecule has 1 aliphatic rings. The molecule has 0 saturated carbocycles. The van der Waals surface area contributed by atoms with E-state index in [4.69, 9.17) is 4.42 Å². The lowest BCUT2D eigenvalue weighted by Crippen LogP contribution is -2.54. The minimum absolute atomic E-state index is 0.109. The molecule has 1 N–H and O–H groups in total. The maximum Gasteiger partial charge on any atom is 0.433 e. The van der Waals surface area contributed by atoms with E-state index < -0.39 is 16.7 Å². The average molecular weight is 366 g/mol. The Balaban J connectivity index is 1.36. The Bertz CT molecular complexity index is 1050. The van der Waals surface area contributed by atoms with Crippen LogP contribution >= 0.6 is 0 Å². The number of nitrogens with zero attached hydrogens (tertiary/aromatic N) is 3. The van der Waals surface area contributed by atoms with Crippen molar-refractivity contribution in [3.8, 4) is 0 Å². The van der Waals surface area contributed by atoms with E-state index in [1.807, 2.05) is 24.3 Å². The Morgan fingerprint density at radius 1 is 1.22 bits per heavy atom. The van der Waals surface area contributed by atoms with Crippen LogP contribution in [0.5, 0.6) is 0 Å². The van der Waals surface area contributed by atoms with Crippen molar-refractivity contribution in [3.63, 3.8) is 0 Å². The predicted octanol–water partition coefficient (Wildman–Crippen LogP) is 2.45. The zero-order valence-electron chi connectivity index (χ0n) is 14.0. The summed E-state index contributed by atoms with van der Waals surface area (Å²) in [6, 6.07) is 11.6. The van der Waals surface area contributed by atoms with Gasteiger partial charge in [0.25, 0.3) is 5.91 Å². The summed E-state index contributed by atoms with van der Waals surface area (Å²) in [7, 11) is 0. The molecule has 27 heavy (non-hydrogen) atoms. The normalized spacial score (nSPS) is 14.0. The molecule has 2 aromatic heterocycles. The van der Waals surface area contributed by atoms with Gasteiger partial charge in [0, 0.05) is 30.4 Å². The molecule has 1 aromatic carbocycles. The number of hydrogen-bond acceptors (Lipinski definition) is 6. The van der Waals surface area contributed by atoms with E-state index in [1.54, 1.807) is 12.3 Å². The first kappa shape index (κ1) is 16.7. The standard InChI is InChI=1S/C18H14N4O5/c23-17(20-13-3-4-14-11(8-13)2-1-7-19-14)12-9-21(10-12)18(24)15-5-6-16(27-15)22(25)26/h1-8,12H,9-10H2,(H,20,23). The molecule has 1 fully saturated rings. The number of pyridine rings is 1. The lowest BCUT2D eigenvalue weighted by atomic mass is 9.98. The number of anilines is 1. The number of benzene rings is 1. The molecule has 0 radical (unpaired) electrons. The highest BCUT2D eigenvalue weighted by Crippen LogP contribution is 2.24. The van der Waals surface area contributed by atoms with Crippen LogP contribution in [0.15, 0.2) is 53.1 Å². The van der Waals surface area contributed by atoms with Gasteiger partial charge >= 0.3 is 5.88 Å². The molecule has 0 bridgehead atoms. The summed E-state index contributed by atoms with van der Waals surface area (Å²) in [4.78, 5) is 40.1. The van der Waals surface area contributed by atoms with Crippen molar-refractivity contribution in [3.05, 3.63) is 64.5 Å². The van der Waals surface area contributed by atoms with Crippen LogP contribution in [0.3, 0.4) is 0 Å². The summed E-state index contributed by atoms with van der Waals surface area (Å²) in [6.07, 6.45) is 1.70. The maximum absolute atomic E-state index is 12.4. The van der Waals surface area contributed by atoms with E-state index in [0.29, 0.717) is 5.69 Å². The molecule has 0 spiro atoms. The number of carbonyl (C=O) groups is 2. The summed E-state index contributed by atoms with van der Waals surface area (Å²) in [5.74, 6) is -1.60. The second kappa shape index (κ2) is 6.52. The number of rotatable bonds is 4. The zero-order valence-corrected chi connectivity index (χ0v) is 14.0. The van der Waals surface area contributed by atoms with Gasteiger partial charge in [-0.05, 0) is 30.3 Å². The van der Waals surface area contributed by atoms with Crippen molar-refractivity contribution in [2.45, 2.75) is 0 Å². The number of likely N-dealkylation sites (tertiary alicyclic amines) is 1. The highest BCUT2D eigenvalue weighted by molar-refractivity contribution is 5.98. The molecule has 136 valence electrons. The Labute approximate surface area is 152 Å². The first-order valence-electron chi connectivity index (χ1n) is 8.20. The molecular weight excluding hydrogens is 352 g/mol. The van der Waals surface area contributed by atoms with Crippen LogP contribution in [0.2, 0.25) is 0 Å². The molecule has 4 rings (SSSR count). The van der Waals surface area contributed by atoms with Crippen LogP contribution in [0.4, 0.5) is 11.6 Å². The average Bonchev–Trinajstić information content (AvgIpc) is 3.10. The molecule has 3 aromatic rings. The highest BCUT2D eigenvalue weighted by Gasteiger charge is 2.37. The van der Waals surface area contributed by atoms with E-state index >= 15 is 0 Å². The Hall–Kier alpha value is -3.75. The van der Waals surface area contributed by atoms with Crippen molar-refractivity contribution in [1.29, 1.82) is 0 Å². The fourth-order valence-electron chi connectivity index (χ4n) is 2.90.